The van der Waals surface area contributed by atoms with Crippen LogP contribution in [0.1, 0.15) is 24.0 Å². The van der Waals surface area contributed by atoms with Gasteiger partial charge in [0.1, 0.15) is 7.11 Å². The minimum absolute atomic E-state index is 0.863. The highest BCUT2D eigenvalue weighted by molar-refractivity contribution is 6.01. The summed E-state index contributed by atoms with van der Waals surface area (Å²) in [5.74, 6) is 0. The Kier molecular flexibility index (Phi) is 4.61. The minimum atomic E-state index is 0.863. The smallest absolute Gasteiger partial charge is 0.106 e. The van der Waals surface area contributed by atoms with Crippen LogP contribution in [0.3, 0.4) is 0 Å². The molecule has 1 rings (SSSR count). The van der Waals surface area contributed by atoms with Crippen molar-refractivity contribution in [1.29, 1.82) is 0 Å². The minimum Gasteiger partial charge on any atom is -0.399 e. The van der Waals surface area contributed by atoms with Crippen molar-refractivity contribution in [3.05, 3.63) is 48.0 Å². The molecule has 0 bridgehead atoms. The highest BCUT2D eigenvalue weighted by Gasteiger charge is 2.05. The maximum absolute atomic E-state index is 4.86. The zero-order valence-corrected chi connectivity index (χ0v) is 9.36. The van der Waals surface area contributed by atoms with Gasteiger partial charge < -0.3 is 4.84 Å². The summed E-state index contributed by atoms with van der Waals surface area (Å²) in [7, 11) is 1.58. The second-order valence-electron chi connectivity index (χ2n) is 3.36. The molecule has 0 saturated heterocycles. The van der Waals surface area contributed by atoms with Gasteiger partial charge in [-0.1, -0.05) is 35.5 Å². The fourth-order valence-electron chi connectivity index (χ4n) is 1.48. The quantitative estimate of drug-likeness (QED) is 0.408. The fourth-order valence-corrected chi connectivity index (χ4v) is 1.48. The molecule has 0 aliphatic heterocycles. The molecule has 0 heterocycles. The molecule has 2 heteroatoms. The molecule has 0 spiro atoms. The van der Waals surface area contributed by atoms with Gasteiger partial charge >= 0.3 is 0 Å². The second-order valence-corrected chi connectivity index (χ2v) is 3.36. The van der Waals surface area contributed by atoms with Crippen LogP contribution in [0.25, 0.3) is 0 Å². The Morgan fingerprint density at radius 1 is 1.47 bits per heavy atom. The highest BCUT2D eigenvalue weighted by atomic mass is 16.6. The molecule has 0 unspecified atom stereocenters. The van der Waals surface area contributed by atoms with Crippen molar-refractivity contribution in [1.82, 2.24) is 0 Å². The van der Waals surface area contributed by atoms with Gasteiger partial charge in [-0.25, -0.2) is 0 Å². The average molecular weight is 203 g/mol. The summed E-state index contributed by atoms with van der Waals surface area (Å²) in [6.07, 6.45) is 3.67. The summed E-state index contributed by atoms with van der Waals surface area (Å²) >= 11 is 0. The third-order valence-corrected chi connectivity index (χ3v) is 2.24. The third-order valence-electron chi connectivity index (χ3n) is 2.24. The first-order valence-electron chi connectivity index (χ1n) is 5.06. The van der Waals surface area contributed by atoms with E-state index < -0.39 is 0 Å². The summed E-state index contributed by atoms with van der Waals surface area (Å²) in [6, 6.07) is 8.18. The van der Waals surface area contributed by atoms with Crippen LogP contribution < -0.4 is 0 Å². The number of allylic oxidation sites excluding steroid dienone is 1. The molecule has 0 aliphatic rings. The average Bonchev–Trinajstić information content (AvgIpc) is 2.25. The third kappa shape index (κ3) is 3.24. The summed E-state index contributed by atoms with van der Waals surface area (Å²) in [5.41, 5.74) is 3.36. The molecule has 80 valence electrons. The van der Waals surface area contributed by atoms with Gasteiger partial charge in [0.2, 0.25) is 0 Å². The molecule has 0 N–H and O–H groups in total. The van der Waals surface area contributed by atoms with Crippen LogP contribution in [0.15, 0.2) is 42.1 Å². The van der Waals surface area contributed by atoms with E-state index in [-0.39, 0.29) is 0 Å². The predicted molar refractivity (Wildman–Crippen MR) is 64.2 cm³/mol. The molecule has 2 nitrogen and oxygen atoms in total. The van der Waals surface area contributed by atoms with Crippen molar-refractivity contribution in [3.8, 4) is 0 Å². The predicted octanol–water partition coefficient (Wildman–Crippen LogP) is 3.31. The van der Waals surface area contributed by atoms with Crippen LogP contribution in [-0.4, -0.2) is 12.8 Å². The second kappa shape index (κ2) is 6.02. The van der Waals surface area contributed by atoms with Crippen LogP contribution in [-0.2, 0) is 4.84 Å². The maximum Gasteiger partial charge on any atom is 0.106 e. The van der Waals surface area contributed by atoms with Gasteiger partial charge in [0, 0.05) is 5.56 Å². The molecule has 1 aromatic carbocycles. The van der Waals surface area contributed by atoms with E-state index >= 15 is 0 Å². The lowest BCUT2D eigenvalue weighted by Gasteiger charge is -2.07. The van der Waals surface area contributed by atoms with Crippen molar-refractivity contribution < 1.29 is 4.84 Å². The lowest BCUT2D eigenvalue weighted by Crippen LogP contribution is -2.03. The molecule has 1 aromatic rings. The SMILES string of the molecule is C=CCCC(=NOC)c1ccccc1C. The van der Waals surface area contributed by atoms with Gasteiger partial charge in [0.15, 0.2) is 0 Å². The Labute approximate surface area is 91.3 Å². The number of aryl methyl sites for hydroxylation is 1. The topological polar surface area (TPSA) is 21.6 Å². The van der Waals surface area contributed by atoms with Gasteiger partial charge in [0.25, 0.3) is 0 Å². The van der Waals surface area contributed by atoms with E-state index in [1.54, 1.807) is 7.11 Å². The number of oxime groups is 1. The monoisotopic (exact) mass is 203 g/mol. The van der Waals surface area contributed by atoms with E-state index in [0.717, 1.165) is 24.1 Å². The first-order valence-corrected chi connectivity index (χ1v) is 5.06. The van der Waals surface area contributed by atoms with Crippen molar-refractivity contribution in [2.75, 3.05) is 7.11 Å². The standard InChI is InChI=1S/C13H17NO/c1-4-5-10-13(14-15-3)12-9-7-6-8-11(12)2/h4,6-9H,1,5,10H2,2-3H3. The Balaban J connectivity index is 2.94. The van der Waals surface area contributed by atoms with E-state index in [0.29, 0.717) is 0 Å². The Hall–Kier alpha value is -1.57. The summed E-state index contributed by atoms with van der Waals surface area (Å²) in [6.45, 7) is 5.79. The van der Waals surface area contributed by atoms with E-state index in [1.807, 2.05) is 18.2 Å². The fraction of sp³-hybridized carbons (Fsp3) is 0.308. The van der Waals surface area contributed by atoms with E-state index in [1.165, 1.54) is 5.56 Å². The first-order chi connectivity index (χ1) is 7.29. The van der Waals surface area contributed by atoms with Crippen LogP contribution in [0.4, 0.5) is 0 Å². The summed E-state index contributed by atoms with van der Waals surface area (Å²) < 4.78 is 0. The highest BCUT2D eigenvalue weighted by Crippen LogP contribution is 2.12. The van der Waals surface area contributed by atoms with Crippen molar-refractivity contribution in [2.24, 2.45) is 5.16 Å². The van der Waals surface area contributed by atoms with E-state index in [4.69, 9.17) is 4.84 Å². The molecule has 0 saturated carbocycles. The Morgan fingerprint density at radius 3 is 2.80 bits per heavy atom. The number of hydrogen-bond acceptors (Lipinski definition) is 2. The number of hydrogen-bond donors (Lipinski definition) is 0. The van der Waals surface area contributed by atoms with Crippen molar-refractivity contribution >= 4 is 5.71 Å². The lowest BCUT2D eigenvalue weighted by molar-refractivity contribution is 0.213. The Morgan fingerprint density at radius 2 is 2.20 bits per heavy atom. The summed E-state index contributed by atoms with van der Waals surface area (Å²) in [4.78, 5) is 4.86. The van der Waals surface area contributed by atoms with Crippen LogP contribution >= 0.6 is 0 Å². The maximum atomic E-state index is 4.86. The zero-order chi connectivity index (χ0) is 11.1. The number of nitrogens with zero attached hydrogens (tertiary/aromatic N) is 1. The van der Waals surface area contributed by atoms with Gasteiger partial charge in [-0.05, 0) is 25.3 Å². The lowest BCUT2D eigenvalue weighted by atomic mass is 10.0. The molecule has 0 atom stereocenters. The van der Waals surface area contributed by atoms with Crippen LogP contribution in [0.2, 0.25) is 0 Å². The molecule has 0 amide bonds. The first kappa shape index (κ1) is 11.5. The largest absolute Gasteiger partial charge is 0.399 e. The van der Waals surface area contributed by atoms with Crippen molar-refractivity contribution in [2.45, 2.75) is 19.8 Å². The molecular weight excluding hydrogens is 186 g/mol. The summed E-state index contributed by atoms with van der Waals surface area (Å²) in [5, 5.41) is 4.06. The number of rotatable bonds is 5. The van der Waals surface area contributed by atoms with Crippen LogP contribution in [0, 0.1) is 6.92 Å². The molecular formula is C13H17NO. The Bertz CT molecular complexity index is 355. The zero-order valence-electron chi connectivity index (χ0n) is 9.36. The van der Waals surface area contributed by atoms with Crippen molar-refractivity contribution in [3.63, 3.8) is 0 Å². The van der Waals surface area contributed by atoms with E-state index in [2.05, 4.69) is 30.8 Å². The normalized spacial score (nSPS) is 11.2. The van der Waals surface area contributed by atoms with Gasteiger partial charge in [-0.15, -0.1) is 6.58 Å². The molecule has 0 radical (unpaired) electrons. The molecule has 0 aliphatic carbocycles. The van der Waals surface area contributed by atoms with Crippen LogP contribution in [0.5, 0.6) is 0 Å². The van der Waals surface area contributed by atoms with Gasteiger partial charge in [-0.3, -0.25) is 0 Å². The molecule has 15 heavy (non-hydrogen) atoms. The molecule has 0 fully saturated rings. The van der Waals surface area contributed by atoms with E-state index in [9.17, 15) is 0 Å². The molecule has 0 aromatic heterocycles. The van der Waals surface area contributed by atoms with Gasteiger partial charge in [0.05, 0.1) is 5.71 Å². The number of benzene rings is 1. The van der Waals surface area contributed by atoms with Gasteiger partial charge in [-0.2, -0.15) is 0 Å².